The molecule has 0 spiro atoms. The lowest BCUT2D eigenvalue weighted by Crippen LogP contribution is -1.91. The van der Waals surface area contributed by atoms with Gasteiger partial charge in [-0.15, -0.1) is 11.8 Å². The van der Waals surface area contributed by atoms with Gasteiger partial charge in [0.1, 0.15) is 6.07 Å². The zero-order chi connectivity index (χ0) is 15.2. The second-order valence-corrected chi connectivity index (χ2v) is 6.73. The molecular weight excluding hydrogens is 300 g/mol. The predicted octanol–water partition coefficient (Wildman–Crippen LogP) is 5.30. The van der Waals surface area contributed by atoms with Crippen LogP contribution in [0.25, 0.3) is 11.6 Å². The van der Waals surface area contributed by atoms with E-state index >= 15 is 0 Å². The molecule has 106 valence electrons. The highest BCUT2D eigenvalue weighted by molar-refractivity contribution is 8.00. The molecule has 0 N–H and O–H groups in total. The Labute approximate surface area is 134 Å². The monoisotopic (exact) mass is 314 g/mol. The van der Waals surface area contributed by atoms with Gasteiger partial charge in [0.05, 0.1) is 11.3 Å². The third-order valence-corrected chi connectivity index (χ3v) is 4.14. The van der Waals surface area contributed by atoms with Crippen LogP contribution < -0.4 is 0 Å². The summed E-state index contributed by atoms with van der Waals surface area (Å²) in [7, 11) is 0. The number of benzene rings is 1. The van der Waals surface area contributed by atoms with Crippen molar-refractivity contribution in [2.45, 2.75) is 24.0 Å². The third kappa shape index (κ3) is 4.10. The molecule has 0 fully saturated rings. The van der Waals surface area contributed by atoms with Gasteiger partial charge in [-0.3, -0.25) is 4.98 Å². The van der Waals surface area contributed by atoms with Gasteiger partial charge in [-0.25, -0.2) is 0 Å². The Morgan fingerprint density at radius 2 is 2.10 bits per heavy atom. The minimum absolute atomic E-state index is 0.441. The van der Waals surface area contributed by atoms with Crippen molar-refractivity contribution in [3.63, 3.8) is 0 Å². The minimum Gasteiger partial charge on any atom is -0.256 e. The molecule has 0 amide bonds. The maximum atomic E-state index is 9.40. The molecule has 0 saturated heterocycles. The van der Waals surface area contributed by atoms with Crippen LogP contribution in [0.5, 0.6) is 0 Å². The van der Waals surface area contributed by atoms with E-state index in [0.29, 0.717) is 21.5 Å². The molecule has 0 bridgehead atoms. The Hall–Kier alpha value is -1.76. The van der Waals surface area contributed by atoms with Crippen molar-refractivity contribution in [1.29, 1.82) is 5.26 Å². The van der Waals surface area contributed by atoms with Crippen LogP contribution >= 0.6 is 23.4 Å². The Bertz CT molecular complexity index is 688. The molecule has 1 aromatic carbocycles. The highest BCUT2D eigenvalue weighted by atomic mass is 35.5. The third-order valence-electron chi connectivity index (χ3n) is 2.73. The largest absolute Gasteiger partial charge is 0.256 e. The number of allylic oxidation sites excluding steroid dienone is 1. The fourth-order valence-corrected chi connectivity index (χ4v) is 3.09. The van der Waals surface area contributed by atoms with E-state index in [2.05, 4.69) is 24.9 Å². The van der Waals surface area contributed by atoms with E-state index in [4.69, 9.17) is 11.6 Å². The second-order valence-electron chi connectivity index (χ2n) is 4.70. The van der Waals surface area contributed by atoms with Crippen molar-refractivity contribution in [1.82, 2.24) is 4.98 Å². The summed E-state index contributed by atoms with van der Waals surface area (Å²) < 4.78 is 0. The Morgan fingerprint density at radius 3 is 2.71 bits per heavy atom. The summed E-state index contributed by atoms with van der Waals surface area (Å²) in [6.45, 7) is 4.26. The number of hydrogen-bond acceptors (Lipinski definition) is 3. The zero-order valence-electron chi connectivity index (χ0n) is 11.9. The van der Waals surface area contributed by atoms with Crippen molar-refractivity contribution in [2.24, 2.45) is 0 Å². The van der Waals surface area contributed by atoms with E-state index in [1.165, 1.54) is 0 Å². The number of nitrogens with zero attached hydrogens (tertiary/aromatic N) is 2. The van der Waals surface area contributed by atoms with Crippen molar-refractivity contribution in [2.75, 3.05) is 0 Å². The minimum atomic E-state index is 0.441. The van der Waals surface area contributed by atoms with Gasteiger partial charge >= 0.3 is 0 Å². The summed E-state index contributed by atoms with van der Waals surface area (Å²) in [6, 6.07) is 13.5. The Morgan fingerprint density at radius 1 is 1.29 bits per heavy atom. The molecular formula is C17H15ClN2S. The average molecular weight is 315 g/mol. The SMILES string of the molecule is CC(C)Sc1cccc(Cl)c1/C=C(/C#N)c1ccccn1. The molecule has 1 aromatic heterocycles. The predicted molar refractivity (Wildman–Crippen MR) is 90.2 cm³/mol. The van der Waals surface area contributed by atoms with Crippen LogP contribution in [0, 0.1) is 11.3 Å². The first-order valence-electron chi connectivity index (χ1n) is 6.60. The molecule has 0 saturated carbocycles. The molecule has 0 atom stereocenters. The first-order chi connectivity index (χ1) is 10.1. The molecule has 0 aliphatic heterocycles. The van der Waals surface area contributed by atoms with Crippen LogP contribution in [0.1, 0.15) is 25.1 Å². The van der Waals surface area contributed by atoms with Crippen LogP contribution in [0.3, 0.4) is 0 Å². The summed E-state index contributed by atoms with van der Waals surface area (Å²) in [5.74, 6) is 0. The number of nitriles is 1. The number of rotatable bonds is 4. The van der Waals surface area contributed by atoms with E-state index in [1.54, 1.807) is 18.0 Å². The van der Waals surface area contributed by atoms with E-state index in [0.717, 1.165) is 10.5 Å². The van der Waals surface area contributed by atoms with Crippen LogP contribution in [0.2, 0.25) is 5.02 Å². The lowest BCUT2D eigenvalue weighted by Gasteiger charge is -2.10. The van der Waals surface area contributed by atoms with E-state index < -0.39 is 0 Å². The normalized spacial score (nSPS) is 11.5. The standard InChI is InChI=1S/C17H15ClN2S/c1-12(2)21-17-8-5-6-15(18)14(17)10-13(11-19)16-7-3-4-9-20-16/h3-10,12H,1-2H3/b13-10-. The highest BCUT2D eigenvalue weighted by Crippen LogP contribution is 2.33. The molecule has 0 radical (unpaired) electrons. The summed E-state index contributed by atoms with van der Waals surface area (Å²) in [4.78, 5) is 5.30. The van der Waals surface area contributed by atoms with Gasteiger partial charge in [-0.1, -0.05) is 37.6 Å². The summed E-state index contributed by atoms with van der Waals surface area (Å²) in [5, 5.41) is 10.5. The first-order valence-corrected chi connectivity index (χ1v) is 7.86. The van der Waals surface area contributed by atoms with Gasteiger partial charge in [0.2, 0.25) is 0 Å². The maximum Gasteiger partial charge on any atom is 0.101 e. The van der Waals surface area contributed by atoms with Crippen LogP contribution in [0.4, 0.5) is 0 Å². The molecule has 2 aromatic rings. The molecule has 0 aliphatic carbocycles. The van der Waals surface area contributed by atoms with Crippen molar-refractivity contribution < 1.29 is 0 Å². The second kappa shape index (κ2) is 7.31. The molecule has 0 unspecified atom stereocenters. The van der Waals surface area contributed by atoms with E-state index in [-0.39, 0.29) is 0 Å². The summed E-state index contributed by atoms with van der Waals surface area (Å²) >= 11 is 8.04. The average Bonchev–Trinajstić information content (AvgIpc) is 2.47. The number of halogens is 1. The number of aromatic nitrogens is 1. The zero-order valence-corrected chi connectivity index (χ0v) is 13.4. The van der Waals surface area contributed by atoms with Crippen molar-refractivity contribution in [3.05, 3.63) is 58.9 Å². The first kappa shape index (κ1) is 15.6. The Kier molecular flexibility index (Phi) is 5.44. The molecule has 21 heavy (non-hydrogen) atoms. The molecule has 2 nitrogen and oxygen atoms in total. The molecule has 1 heterocycles. The Balaban J connectivity index is 2.50. The van der Waals surface area contributed by atoms with Gasteiger partial charge in [0, 0.05) is 26.9 Å². The van der Waals surface area contributed by atoms with E-state index in [9.17, 15) is 5.26 Å². The number of hydrogen-bond donors (Lipinski definition) is 0. The molecule has 0 aliphatic rings. The summed E-state index contributed by atoms with van der Waals surface area (Å²) in [6.07, 6.45) is 3.49. The molecule has 2 rings (SSSR count). The lowest BCUT2D eigenvalue weighted by atomic mass is 10.1. The van der Waals surface area contributed by atoms with Crippen LogP contribution in [-0.4, -0.2) is 10.2 Å². The van der Waals surface area contributed by atoms with Crippen LogP contribution in [-0.2, 0) is 0 Å². The van der Waals surface area contributed by atoms with Gasteiger partial charge < -0.3 is 0 Å². The smallest absolute Gasteiger partial charge is 0.101 e. The van der Waals surface area contributed by atoms with Gasteiger partial charge in [-0.2, -0.15) is 5.26 Å². The highest BCUT2D eigenvalue weighted by Gasteiger charge is 2.10. The number of pyridine rings is 1. The van der Waals surface area contributed by atoms with Crippen molar-refractivity contribution >= 4 is 35.0 Å². The van der Waals surface area contributed by atoms with Gasteiger partial charge in [-0.05, 0) is 30.3 Å². The molecule has 4 heteroatoms. The van der Waals surface area contributed by atoms with E-state index in [1.807, 2.05) is 42.5 Å². The van der Waals surface area contributed by atoms with Crippen LogP contribution in [0.15, 0.2) is 47.5 Å². The summed E-state index contributed by atoms with van der Waals surface area (Å²) in [5.41, 5.74) is 2.04. The fourth-order valence-electron chi connectivity index (χ4n) is 1.84. The quantitative estimate of drug-likeness (QED) is 0.567. The fraction of sp³-hybridized carbons (Fsp3) is 0.176. The maximum absolute atomic E-state index is 9.40. The van der Waals surface area contributed by atoms with Gasteiger partial charge in [0.25, 0.3) is 0 Å². The topological polar surface area (TPSA) is 36.7 Å². The number of thioether (sulfide) groups is 1. The van der Waals surface area contributed by atoms with Crippen molar-refractivity contribution in [3.8, 4) is 6.07 Å². The van der Waals surface area contributed by atoms with Gasteiger partial charge in [0.15, 0.2) is 0 Å². The lowest BCUT2D eigenvalue weighted by molar-refractivity contribution is 1.11.